The van der Waals surface area contributed by atoms with E-state index in [1.54, 1.807) is 0 Å². The summed E-state index contributed by atoms with van der Waals surface area (Å²) in [6.07, 6.45) is 2.05. The van der Waals surface area contributed by atoms with E-state index in [2.05, 4.69) is 10.1 Å². The number of nitrogens with two attached hydrogens (primary N) is 1. The lowest BCUT2D eigenvalue weighted by molar-refractivity contribution is -0.140. The zero-order valence-electron chi connectivity index (χ0n) is 11.8. The summed E-state index contributed by atoms with van der Waals surface area (Å²) in [7, 11) is 1.36. The molecular weight excluding hydrogens is 256 g/mol. The Balaban J connectivity index is 2.32. The van der Waals surface area contributed by atoms with Crippen molar-refractivity contribution in [3.63, 3.8) is 0 Å². The number of amides is 1. The first-order valence-electron chi connectivity index (χ1n) is 6.78. The first-order valence-corrected chi connectivity index (χ1v) is 6.78. The maximum Gasteiger partial charge on any atom is 0.305 e. The van der Waals surface area contributed by atoms with Crippen LogP contribution >= 0.6 is 0 Å². The van der Waals surface area contributed by atoms with Crippen LogP contribution in [0.3, 0.4) is 0 Å². The van der Waals surface area contributed by atoms with Gasteiger partial charge in [0.05, 0.1) is 13.2 Å². The Hall–Kier alpha value is -1.88. The third-order valence-electron chi connectivity index (χ3n) is 3.04. The SMILES string of the molecule is COC(=O)CCCCC(=O)NC(CN)c1ccccc1. The number of carbonyl (C=O) groups is 2. The molecule has 0 fully saturated rings. The highest BCUT2D eigenvalue weighted by Gasteiger charge is 2.12. The molecule has 5 heteroatoms. The number of esters is 1. The van der Waals surface area contributed by atoms with Crippen molar-refractivity contribution in [1.29, 1.82) is 0 Å². The number of carbonyl (C=O) groups excluding carboxylic acids is 2. The molecule has 0 saturated carbocycles. The van der Waals surface area contributed by atoms with Crippen molar-refractivity contribution in [2.45, 2.75) is 31.7 Å². The molecule has 0 spiro atoms. The number of unbranched alkanes of at least 4 members (excludes halogenated alkanes) is 1. The summed E-state index contributed by atoms with van der Waals surface area (Å²) in [6, 6.07) is 9.47. The molecule has 0 aliphatic heterocycles. The molecule has 0 aromatic heterocycles. The minimum atomic E-state index is -0.241. The van der Waals surface area contributed by atoms with Crippen molar-refractivity contribution in [1.82, 2.24) is 5.32 Å². The van der Waals surface area contributed by atoms with E-state index in [1.165, 1.54) is 7.11 Å². The molecular formula is C15H22N2O3. The fourth-order valence-electron chi connectivity index (χ4n) is 1.89. The number of methoxy groups -OCH3 is 1. The van der Waals surface area contributed by atoms with E-state index >= 15 is 0 Å². The van der Waals surface area contributed by atoms with Crippen LogP contribution in [0.25, 0.3) is 0 Å². The molecule has 1 unspecified atom stereocenters. The van der Waals surface area contributed by atoms with E-state index in [0.717, 1.165) is 5.56 Å². The zero-order valence-corrected chi connectivity index (χ0v) is 11.8. The van der Waals surface area contributed by atoms with Gasteiger partial charge in [0.2, 0.25) is 5.91 Å². The van der Waals surface area contributed by atoms with E-state index in [4.69, 9.17) is 5.73 Å². The Morgan fingerprint density at radius 2 is 1.85 bits per heavy atom. The molecule has 20 heavy (non-hydrogen) atoms. The molecule has 110 valence electrons. The predicted molar refractivity (Wildman–Crippen MR) is 76.9 cm³/mol. The molecule has 0 aliphatic carbocycles. The highest BCUT2D eigenvalue weighted by atomic mass is 16.5. The third-order valence-corrected chi connectivity index (χ3v) is 3.04. The van der Waals surface area contributed by atoms with E-state index in [-0.39, 0.29) is 17.9 Å². The summed E-state index contributed by atoms with van der Waals surface area (Å²) in [5, 5.41) is 2.90. The summed E-state index contributed by atoms with van der Waals surface area (Å²) < 4.78 is 4.54. The molecule has 1 aromatic rings. The predicted octanol–water partition coefficient (Wildman–Crippen LogP) is 1.54. The van der Waals surface area contributed by atoms with Crippen molar-refractivity contribution >= 4 is 11.9 Å². The maximum atomic E-state index is 11.8. The number of nitrogens with one attached hydrogen (secondary N) is 1. The van der Waals surface area contributed by atoms with Crippen LogP contribution in [0.5, 0.6) is 0 Å². The van der Waals surface area contributed by atoms with Crippen molar-refractivity contribution in [2.75, 3.05) is 13.7 Å². The second-order valence-electron chi connectivity index (χ2n) is 4.55. The molecule has 3 N–H and O–H groups in total. The number of ether oxygens (including phenoxy) is 1. The van der Waals surface area contributed by atoms with Gasteiger partial charge >= 0.3 is 5.97 Å². The van der Waals surface area contributed by atoms with Gasteiger partial charge in [-0.2, -0.15) is 0 Å². The molecule has 1 aromatic carbocycles. The van der Waals surface area contributed by atoms with E-state index in [9.17, 15) is 9.59 Å². The lowest BCUT2D eigenvalue weighted by atomic mass is 10.1. The van der Waals surface area contributed by atoms with Crippen LogP contribution in [0, 0.1) is 0 Å². The lowest BCUT2D eigenvalue weighted by Crippen LogP contribution is -2.33. The first kappa shape index (κ1) is 16.2. The maximum absolute atomic E-state index is 11.8. The van der Waals surface area contributed by atoms with Crippen molar-refractivity contribution in [2.24, 2.45) is 5.73 Å². The van der Waals surface area contributed by atoms with Gasteiger partial charge in [-0.25, -0.2) is 0 Å². The van der Waals surface area contributed by atoms with Gasteiger partial charge in [-0.15, -0.1) is 0 Å². The van der Waals surface area contributed by atoms with Crippen LogP contribution < -0.4 is 11.1 Å². The topological polar surface area (TPSA) is 81.4 Å². The quantitative estimate of drug-likeness (QED) is 0.558. The van der Waals surface area contributed by atoms with Crippen molar-refractivity contribution in [3.05, 3.63) is 35.9 Å². The Kier molecular flexibility index (Phi) is 7.35. The van der Waals surface area contributed by atoms with E-state index < -0.39 is 0 Å². The van der Waals surface area contributed by atoms with Crippen LogP contribution in [-0.2, 0) is 14.3 Å². The summed E-state index contributed by atoms with van der Waals surface area (Å²) in [6.45, 7) is 0.359. The van der Waals surface area contributed by atoms with Crippen LogP contribution in [0.4, 0.5) is 0 Å². The van der Waals surface area contributed by atoms with Gasteiger partial charge in [-0.1, -0.05) is 30.3 Å². The van der Waals surface area contributed by atoms with Gasteiger partial charge in [-0.3, -0.25) is 9.59 Å². The molecule has 0 aliphatic rings. The zero-order chi connectivity index (χ0) is 14.8. The average Bonchev–Trinajstić information content (AvgIpc) is 2.49. The third kappa shape index (κ3) is 5.84. The number of rotatable bonds is 8. The van der Waals surface area contributed by atoms with Crippen LogP contribution in [0.1, 0.15) is 37.3 Å². The van der Waals surface area contributed by atoms with Crippen molar-refractivity contribution in [3.8, 4) is 0 Å². The Labute approximate surface area is 119 Å². The normalized spacial score (nSPS) is 11.7. The smallest absolute Gasteiger partial charge is 0.305 e. The molecule has 1 amide bonds. The van der Waals surface area contributed by atoms with Crippen LogP contribution in [0.2, 0.25) is 0 Å². The van der Waals surface area contributed by atoms with E-state index in [1.807, 2.05) is 30.3 Å². The summed E-state index contributed by atoms with van der Waals surface area (Å²) in [4.78, 5) is 22.7. The minimum absolute atomic E-state index is 0.0471. The fraction of sp³-hybridized carbons (Fsp3) is 0.467. The molecule has 1 atom stereocenters. The number of hydrogen-bond donors (Lipinski definition) is 2. The van der Waals surface area contributed by atoms with Gasteiger partial charge in [-0.05, 0) is 18.4 Å². The molecule has 0 radical (unpaired) electrons. The largest absolute Gasteiger partial charge is 0.469 e. The first-order chi connectivity index (χ1) is 9.67. The van der Waals surface area contributed by atoms with Gasteiger partial charge in [0.25, 0.3) is 0 Å². The molecule has 5 nitrogen and oxygen atoms in total. The highest BCUT2D eigenvalue weighted by Crippen LogP contribution is 2.11. The molecule has 0 heterocycles. The van der Waals surface area contributed by atoms with Crippen LogP contribution in [-0.4, -0.2) is 25.5 Å². The van der Waals surface area contributed by atoms with Crippen LogP contribution in [0.15, 0.2) is 30.3 Å². The Bertz CT molecular complexity index is 420. The van der Waals surface area contributed by atoms with Gasteiger partial charge in [0.15, 0.2) is 0 Å². The summed E-state index contributed by atoms with van der Waals surface area (Å²) in [5.41, 5.74) is 6.69. The Morgan fingerprint density at radius 3 is 2.45 bits per heavy atom. The summed E-state index contributed by atoms with van der Waals surface area (Å²) in [5.74, 6) is -0.288. The molecule has 1 rings (SSSR count). The Morgan fingerprint density at radius 1 is 1.20 bits per heavy atom. The van der Waals surface area contributed by atoms with Gasteiger partial charge in [0, 0.05) is 19.4 Å². The number of hydrogen-bond acceptors (Lipinski definition) is 4. The second kappa shape index (κ2) is 9.09. The van der Waals surface area contributed by atoms with Crippen molar-refractivity contribution < 1.29 is 14.3 Å². The fourth-order valence-corrected chi connectivity index (χ4v) is 1.89. The highest BCUT2D eigenvalue weighted by molar-refractivity contribution is 5.76. The van der Waals surface area contributed by atoms with E-state index in [0.29, 0.717) is 32.2 Å². The second-order valence-corrected chi connectivity index (χ2v) is 4.55. The van der Waals surface area contributed by atoms with Gasteiger partial charge in [0.1, 0.15) is 0 Å². The minimum Gasteiger partial charge on any atom is -0.469 e. The molecule has 0 saturated heterocycles. The van der Waals surface area contributed by atoms with Gasteiger partial charge < -0.3 is 15.8 Å². The number of benzene rings is 1. The summed E-state index contributed by atoms with van der Waals surface area (Å²) >= 11 is 0. The lowest BCUT2D eigenvalue weighted by Gasteiger charge is -2.17. The average molecular weight is 278 g/mol. The monoisotopic (exact) mass is 278 g/mol. The molecule has 0 bridgehead atoms. The standard InChI is InChI=1S/C15H22N2O3/c1-20-15(19)10-6-5-9-14(18)17-13(11-16)12-7-3-2-4-8-12/h2-4,7-8,13H,5-6,9-11,16H2,1H3,(H,17,18).